The van der Waals surface area contributed by atoms with Gasteiger partial charge < -0.3 is 11.1 Å². The summed E-state index contributed by atoms with van der Waals surface area (Å²) in [5.41, 5.74) is 5.98. The Bertz CT molecular complexity index is 509. The number of rotatable bonds is 5. The third-order valence-electron chi connectivity index (χ3n) is 2.58. The summed E-state index contributed by atoms with van der Waals surface area (Å²) in [4.78, 5) is 11.1. The second-order valence-corrected chi connectivity index (χ2v) is 6.27. The smallest absolute Gasteiger partial charge is 0.313 e. The molecule has 1 atom stereocenters. The highest BCUT2D eigenvalue weighted by molar-refractivity contribution is 7.92. The van der Waals surface area contributed by atoms with Crippen LogP contribution in [0.2, 0.25) is 0 Å². The quantitative estimate of drug-likeness (QED) is 0.851. The zero-order valence-electron chi connectivity index (χ0n) is 10.5. The molecule has 18 heavy (non-hydrogen) atoms. The van der Waals surface area contributed by atoms with Crippen molar-refractivity contribution in [2.45, 2.75) is 37.0 Å². The highest BCUT2D eigenvalue weighted by Gasteiger charge is 2.27. The largest absolute Gasteiger partial charge is 0.352 e. The first-order valence-corrected chi connectivity index (χ1v) is 7.29. The Kier molecular flexibility index (Phi) is 4.72. The van der Waals surface area contributed by atoms with Crippen molar-refractivity contribution in [3.8, 4) is 0 Å². The van der Waals surface area contributed by atoms with Crippen LogP contribution in [-0.4, -0.2) is 19.8 Å². The number of carbonyl (C=O) groups is 1. The van der Waals surface area contributed by atoms with Gasteiger partial charge in [-0.1, -0.05) is 31.0 Å². The molecule has 1 aromatic carbocycles. The van der Waals surface area contributed by atoms with E-state index in [4.69, 9.17) is 5.73 Å². The summed E-state index contributed by atoms with van der Waals surface area (Å²) < 4.78 is 24.6. The van der Waals surface area contributed by atoms with Crippen molar-refractivity contribution in [2.75, 3.05) is 0 Å². The second-order valence-electron chi connectivity index (χ2n) is 4.14. The summed E-state index contributed by atoms with van der Waals surface area (Å²) in [7, 11) is -3.59. The van der Waals surface area contributed by atoms with Crippen LogP contribution < -0.4 is 11.1 Å². The van der Waals surface area contributed by atoms with E-state index in [0.717, 1.165) is 5.56 Å². The lowest BCUT2D eigenvalue weighted by molar-refractivity contribution is 0.247. The van der Waals surface area contributed by atoms with Gasteiger partial charge in [-0.15, -0.1) is 0 Å². The fraction of sp³-hybridized carbons (Fsp3) is 0.417. The molecule has 0 heterocycles. The van der Waals surface area contributed by atoms with Crippen molar-refractivity contribution in [1.82, 2.24) is 5.32 Å². The van der Waals surface area contributed by atoms with Crippen molar-refractivity contribution in [1.29, 1.82) is 0 Å². The van der Waals surface area contributed by atoms with Crippen LogP contribution in [0.4, 0.5) is 4.79 Å². The van der Waals surface area contributed by atoms with Crippen LogP contribution in [0.15, 0.2) is 29.2 Å². The Labute approximate surface area is 107 Å². The van der Waals surface area contributed by atoms with Gasteiger partial charge in [0.15, 0.2) is 9.84 Å². The van der Waals surface area contributed by atoms with Crippen molar-refractivity contribution >= 4 is 15.9 Å². The number of benzene rings is 1. The van der Waals surface area contributed by atoms with Gasteiger partial charge in [0.05, 0.1) is 4.90 Å². The molecule has 3 N–H and O–H groups in total. The third kappa shape index (κ3) is 3.46. The number of urea groups is 1. The molecule has 6 heteroatoms. The van der Waals surface area contributed by atoms with E-state index < -0.39 is 21.2 Å². The van der Waals surface area contributed by atoms with Crippen LogP contribution in [0.1, 0.15) is 25.3 Å². The average Bonchev–Trinajstić information content (AvgIpc) is 2.28. The SMILES string of the molecule is CCCC(NC(N)=O)S(=O)(=O)c1ccc(C)cc1. The van der Waals surface area contributed by atoms with E-state index >= 15 is 0 Å². The first-order valence-electron chi connectivity index (χ1n) is 5.74. The fourth-order valence-corrected chi connectivity index (χ4v) is 3.28. The maximum absolute atomic E-state index is 12.3. The van der Waals surface area contributed by atoms with Gasteiger partial charge in [0.2, 0.25) is 0 Å². The Morgan fingerprint density at radius 1 is 1.33 bits per heavy atom. The van der Waals surface area contributed by atoms with Crippen molar-refractivity contribution < 1.29 is 13.2 Å². The lowest BCUT2D eigenvalue weighted by Gasteiger charge is -2.17. The zero-order chi connectivity index (χ0) is 13.8. The summed E-state index contributed by atoms with van der Waals surface area (Å²) in [5, 5.41) is 1.32. The van der Waals surface area contributed by atoms with Gasteiger partial charge in [0, 0.05) is 0 Å². The van der Waals surface area contributed by atoms with Crippen LogP contribution in [0.3, 0.4) is 0 Å². The number of nitrogens with one attached hydrogen (secondary N) is 1. The number of nitrogens with two attached hydrogens (primary N) is 1. The lowest BCUT2D eigenvalue weighted by Crippen LogP contribution is -2.43. The summed E-state index contributed by atoms with van der Waals surface area (Å²) in [6.45, 7) is 3.72. The molecule has 0 aromatic heterocycles. The van der Waals surface area contributed by atoms with Crippen LogP contribution in [0, 0.1) is 6.92 Å². The number of primary amides is 1. The molecule has 1 unspecified atom stereocenters. The standard InChI is InChI=1S/C12H18N2O3S/c1-3-4-11(14-12(13)15)18(16,17)10-7-5-9(2)6-8-10/h5-8,11H,3-4H2,1-2H3,(H3,13,14,15). The van der Waals surface area contributed by atoms with Crippen LogP contribution in [0.25, 0.3) is 0 Å². The summed E-state index contributed by atoms with van der Waals surface area (Å²) in [5.74, 6) is 0. The van der Waals surface area contributed by atoms with Crippen molar-refractivity contribution in [3.05, 3.63) is 29.8 Å². The first kappa shape index (κ1) is 14.5. The van der Waals surface area contributed by atoms with Gasteiger partial charge in [-0.05, 0) is 25.5 Å². The number of amides is 2. The molecule has 0 aliphatic heterocycles. The minimum absolute atomic E-state index is 0.195. The Hall–Kier alpha value is -1.56. The fourth-order valence-electron chi connectivity index (χ4n) is 1.62. The molecule has 1 aromatic rings. The topological polar surface area (TPSA) is 89.3 Å². The molecule has 5 nitrogen and oxygen atoms in total. The Morgan fingerprint density at radius 2 is 1.89 bits per heavy atom. The zero-order valence-corrected chi connectivity index (χ0v) is 11.3. The molecule has 0 aliphatic rings. The lowest BCUT2D eigenvalue weighted by atomic mass is 10.2. The molecular formula is C12H18N2O3S. The van der Waals surface area contributed by atoms with Gasteiger partial charge in [-0.25, -0.2) is 13.2 Å². The monoisotopic (exact) mass is 270 g/mol. The molecule has 0 radical (unpaired) electrons. The van der Waals surface area contributed by atoms with Crippen molar-refractivity contribution in [3.63, 3.8) is 0 Å². The molecule has 2 amide bonds. The summed E-state index contributed by atoms with van der Waals surface area (Å²) >= 11 is 0. The van der Waals surface area contributed by atoms with Gasteiger partial charge in [0.1, 0.15) is 5.37 Å². The predicted molar refractivity (Wildman–Crippen MR) is 69.8 cm³/mol. The number of carbonyl (C=O) groups excluding carboxylic acids is 1. The van der Waals surface area contributed by atoms with E-state index in [1.54, 1.807) is 12.1 Å². The molecule has 0 bridgehead atoms. The third-order valence-corrected chi connectivity index (χ3v) is 4.61. The second kappa shape index (κ2) is 5.86. The normalized spacial score (nSPS) is 13.0. The average molecular weight is 270 g/mol. The van der Waals surface area contributed by atoms with E-state index in [9.17, 15) is 13.2 Å². The van der Waals surface area contributed by atoms with E-state index in [0.29, 0.717) is 12.8 Å². The maximum atomic E-state index is 12.3. The maximum Gasteiger partial charge on any atom is 0.313 e. The van der Waals surface area contributed by atoms with Crippen LogP contribution >= 0.6 is 0 Å². The highest BCUT2D eigenvalue weighted by Crippen LogP contribution is 2.18. The van der Waals surface area contributed by atoms with E-state index in [2.05, 4.69) is 5.32 Å². The number of aryl methyl sites for hydroxylation is 1. The molecule has 0 fully saturated rings. The molecule has 0 saturated carbocycles. The summed E-state index contributed by atoms with van der Waals surface area (Å²) in [6, 6.07) is 5.69. The number of hydrogen-bond donors (Lipinski definition) is 2. The molecule has 100 valence electrons. The summed E-state index contributed by atoms with van der Waals surface area (Å²) in [6.07, 6.45) is 0.967. The minimum Gasteiger partial charge on any atom is -0.352 e. The molecule has 0 spiro atoms. The van der Waals surface area contributed by atoms with Crippen LogP contribution in [-0.2, 0) is 9.84 Å². The Balaban J connectivity index is 3.08. The van der Waals surface area contributed by atoms with Crippen molar-refractivity contribution in [2.24, 2.45) is 5.73 Å². The molecule has 0 aliphatic carbocycles. The van der Waals surface area contributed by atoms with Gasteiger partial charge in [0.25, 0.3) is 0 Å². The highest BCUT2D eigenvalue weighted by atomic mass is 32.2. The van der Waals surface area contributed by atoms with E-state index in [-0.39, 0.29) is 4.90 Å². The number of hydrogen-bond acceptors (Lipinski definition) is 3. The van der Waals surface area contributed by atoms with Gasteiger partial charge in [-0.3, -0.25) is 0 Å². The van der Waals surface area contributed by atoms with Gasteiger partial charge in [-0.2, -0.15) is 0 Å². The van der Waals surface area contributed by atoms with E-state index in [1.807, 2.05) is 13.8 Å². The molecular weight excluding hydrogens is 252 g/mol. The van der Waals surface area contributed by atoms with E-state index in [1.165, 1.54) is 12.1 Å². The van der Waals surface area contributed by atoms with Crippen LogP contribution in [0.5, 0.6) is 0 Å². The minimum atomic E-state index is -3.59. The number of sulfone groups is 1. The molecule has 0 saturated heterocycles. The molecule has 1 rings (SSSR count). The Morgan fingerprint density at radius 3 is 2.33 bits per heavy atom. The predicted octanol–water partition coefficient (Wildman–Crippen LogP) is 1.56. The first-order chi connectivity index (χ1) is 8.37. The van der Waals surface area contributed by atoms with Gasteiger partial charge >= 0.3 is 6.03 Å².